The number of nitrogens with zero attached hydrogens (tertiary/aromatic N) is 2. The number of cyclic esters (lactones) is 1. The third-order valence-electron chi connectivity index (χ3n) is 12.3. The van der Waals surface area contributed by atoms with Gasteiger partial charge >= 0.3 is 24.1 Å². The maximum absolute atomic E-state index is 14.5. The zero-order valence-corrected chi connectivity index (χ0v) is 37.6. The summed E-state index contributed by atoms with van der Waals surface area (Å²) in [5, 5.41) is 2.87. The van der Waals surface area contributed by atoms with E-state index in [1.165, 1.54) is 6.92 Å². The molecule has 13 atom stereocenters. The summed E-state index contributed by atoms with van der Waals surface area (Å²) >= 11 is 0. The highest BCUT2D eigenvalue weighted by molar-refractivity contribution is 6.00. The molecule has 1 aromatic rings. The van der Waals surface area contributed by atoms with E-state index in [9.17, 15) is 24.0 Å². The summed E-state index contributed by atoms with van der Waals surface area (Å²) in [7, 11) is 5.48. The number of methoxy groups -OCH3 is 1. The molecule has 15 nitrogen and oxygen atoms in total. The lowest BCUT2D eigenvalue weighted by Crippen LogP contribution is -2.62. The number of amides is 2. The second kappa shape index (κ2) is 19.3. The summed E-state index contributed by atoms with van der Waals surface area (Å²) in [5.74, 6) is -4.37. The number of Topliss-reactive ketones (excluding diaryl/α,β-unsaturated/α-hetero) is 1. The van der Waals surface area contributed by atoms with Crippen LogP contribution >= 0.6 is 0 Å². The van der Waals surface area contributed by atoms with Gasteiger partial charge in [-0.2, -0.15) is 0 Å². The van der Waals surface area contributed by atoms with Crippen LogP contribution in [0.3, 0.4) is 0 Å². The van der Waals surface area contributed by atoms with Crippen molar-refractivity contribution in [3.63, 3.8) is 0 Å². The Morgan fingerprint density at radius 2 is 1.66 bits per heavy atom. The van der Waals surface area contributed by atoms with Gasteiger partial charge in [-0.15, -0.1) is 0 Å². The van der Waals surface area contributed by atoms with E-state index in [1.807, 2.05) is 40.9 Å². The smallest absolute Gasteiger partial charge is 0.410 e. The van der Waals surface area contributed by atoms with Crippen molar-refractivity contribution in [2.75, 3.05) is 34.4 Å². The first-order chi connectivity index (χ1) is 27.5. The van der Waals surface area contributed by atoms with E-state index in [0.29, 0.717) is 12.0 Å². The third-order valence-corrected chi connectivity index (χ3v) is 12.3. The molecular formula is C44H69N3O12. The number of alkyl carbamates (subject to hydrolysis) is 1. The van der Waals surface area contributed by atoms with Crippen LogP contribution in [-0.2, 0) is 42.7 Å². The van der Waals surface area contributed by atoms with E-state index in [1.54, 1.807) is 84.7 Å². The van der Waals surface area contributed by atoms with Gasteiger partial charge in [0, 0.05) is 31.5 Å². The highest BCUT2D eigenvalue weighted by Crippen LogP contribution is 2.40. The van der Waals surface area contributed by atoms with Gasteiger partial charge in [-0.25, -0.2) is 14.4 Å². The molecule has 332 valence electrons. The van der Waals surface area contributed by atoms with Crippen molar-refractivity contribution in [3.05, 3.63) is 35.9 Å². The van der Waals surface area contributed by atoms with E-state index in [0.717, 1.165) is 0 Å². The van der Waals surface area contributed by atoms with Crippen LogP contribution in [0.5, 0.6) is 0 Å². The summed E-state index contributed by atoms with van der Waals surface area (Å²) in [6.45, 7) is 19.8. The van der Waals surface area contributed by atoms with Gasteiger partial charge in [0.2, 0.25) is 0 Å². The standard InChI is InChI=1S/C44H69N3O12/c1-15-33-44(11)35(45-40(51)58-44)29(6)47(41(52)59-42(7,8)9)23-25(2)22-43(10,53-14)36(27(4)34(48)28(5)37(49)56-33)57-39-26(3)32(46(12)13)21-31(55-39)24-54-38(50)30-19-17-16-18-20-30/h16-20,25-29,31-33,35-36,39H,15,21-24H2,1-14H3,(H,45,51)/t25-,26?,27+,28?,29-,31?,32?,33-,35-,36-,39+,43-,44-/m1/s1. The van der Waals surface area contributed by atoms with Gasteiger partial charge < -0.3 is 48.3 Å². The number of ketones is 1. The number of carbonyl (C=O) groups excluding carboxylic acids is 5. The maximum Gasteiger partial charge on any atom is 0.410 e. The lowest BCUT2D eigenvalue weighted by Gasteiger charge is -2.48. The van der Waals surface area contributed by atoms with Crippen LogP contribution in [0.15, 0.2) is 30.3 Å². The van der Waals surface area contributed by atoms with Crippen molar-refractivity contribution in [3.8, 4) is 0 Å². The van der Waals surface area contributed by atoms with Gasteiger partial charge in [-0.3, -0.25) is 9.59 Å². The number of esters is 2. The molecule has 1 N–H and O–H groups in total. The van der Waals surface area contributed by atoms with Crippen molar-refractivity contribution in [2.45, 2.75) is 155 Å². The van der Waals surface area contributed by atoms with Crippen LogP contribution in [0.2, 0.25) is 0 Å². The zero-order valence-electron chi connectivity index (χ0n) is 37.6. The largest absolute Gasteiger partial charge is 0.459 e. The predicted molar refractivity (Wildman–Crippen MR) is 218 cm³/mol. The van der Waals surface area contributed by atoms with E-state index in [4.69, 9.17) is 33.2 Å². The Hall–Kier alpha value is -3.79. The fourth-order valence-corrected chi connectivity index (χ4v) is 8.99. The minimum atomic E-state index is -1.41. The molecule has 15 heteroatoms. The molecule has 3 saturated heterocycles. The van der Waals surface area contributed by atoms with Crippen LogP contribution in [0.1, 0.15) is 106 Å². The number of ether oxygens (including phenoxy) is 7. The monoisotopic (exact) mass is 831 g/mol. The molecular weight excluding hydrogens is 762 g/mol. The Balaban J connectivity index is 1.76. The number of hydrogen-bond acceptors (Lipinski definition) is 13. The third kappa shape index (κ3) is 11.1. The van der Waals surface area contributed by atoms with Crippen molar-refractivity contribution in [1.82, 2.24) is 15.1 Å². The molecule has 59 heavy (non-hydrogen) atoms. The van der Waals surface area contributed by atoms with Crippen molar-refractivity contribution < 1.29 is 57.1 Å². The number of fused-ring (bicyclic) bond motifs is 1. The normalized spacial score (nSPS) is 36.4. The fourth-order valence-electron chi connectivity index (χ4n) is 8.99. The Morgan fingerprint density at radius 1 is 1.02 bits per heavy atom. The molecule has 4 rings (SSSR count). The molecule has 1 aromatic carbocycles. The number of rotatable bonds is 8. The SMILES string of the molecule is CC[C@H]1OC(=O)C(C)C(=O)[C@H](C)[C@@H](O[C@@H]2OC(COC(=O)c3ccccc3)CC(N(C)C)C2C)[C@](C)(OC)C[C@@H](C)CN(C(=O)OC(C)(C)C)[C@H](C)[C@H]2NC(=O)O[C@@]21C. The van der Waals surface area contributed by atoms with Gasteiger partial charge in [-0.1, -0.05) is 45.9 Å². The second-order valence-corrected chi connectivity index (χ2v) is 18.4. The van der Waals surface area contributed by atoms with Crippen molar-refractivity contribution in [2.24, 2.45) is 23.7 Å². The average molecular weight is 832 g/mol. The molecule has 0 aromatic heterocycles. The molecule has 3 aliphatic heterocycles. The van der Waals surface area contributed by atoms with E-state index in [-0.39, 0.29) is 43.9 Å². The number of carbonyl (C=O) groups is 5. The molecule has 3 heterocycles. The lowest BCUT2D eigenvalue weighted by atomic mass is 9.78. The first-order valence-corrected chi connectivity index (χ1v) is 20.9. The summed E-state index contributed by atoms with van der Waals surface area (Å²) in [6.07, 6.45) is -3.59. The highest BCUT2D eigenvalue weighted by Gasteiger charge is 2.57. The van der Waals surface area contributed by atoms with Crippen LogP contribution in [0.25, 0.3) is 0 Å². The second-order valence-electron chi connectivity index (χ2n) is 18.4. The van der Waals surface area contributed by atoms with Crippen LogP contribution < -0.4 is 5.32 Å². The zero-order chi connectivity index (χ0) is 44.2. The van der Waals surface area contributed by atoms with Crippen LogP contribution in [0.4, 0.5) is 9.59 Å². The van der Waals surface area contributed by atoms with Gasteiger partial charge in [-0.05, 0) is 99.9 Å². The molecule has 3 aliphatic rings. The highest BCUT2D eigenvalue weighted by atomic mass is 16.7. The lowest BCUT2D eigenvalue weighted by molar-refractivity contribution is -0.286. The van der Waals surface area contributed by atoms with Gasteiger partial charge in [0.25, 0.3) is 0 Å². The van der Waals surface area contributed by atoms with Gasteiger partial charge in [0.05, 0.1) is 35.5 Å². The number of benzene rings is 1. The molecule has 0 radical (unpaired) electrons. The predicted octanol–water partition coefficient (Wildman–Crippen LogP) is 6.01. The van der Waals surface area contributed by atoms with Crippen LogP contribution in [-0.4, -0.2) is 134 Å². The molecule has 0 saturated carbocycles. The summed E-state index contributed by atoms with van der Waals surface area (Å²) in [6, 6.07) is 7.15. The first-order valence-electron chi connectivity index (χ1n) is 20.9. The maximum atomic E-state index is 14.5. The topological polar surface area (TPSA) is 168 Å². The minimum Gasteiger partial charge on any atom is -0.459 e. The molecule has 0 bridgehead atoms. The van der Waals surface area contributed by atoms with Crippen molar-refractivity contribution >= 4 is 29.9 Å². The van der Waals surface area contributed by atoms with Crippen molar-refractivity contribution in [1.29, 1.82) is 0 Å². The molecule has 0 aliphatic carbocycles. The fraction of sp³-hybridized carbons (Fsp3) is 0.750. The minimum absolute atomic E-state index is 0.0212. The Morgan fingerprint density at radius 3 is 2.24 bits per heavy atom. The number of nitrogens with one attached hydrogen (secondary N) is 1. The quantitative estimate of drug-likeness (QED) is 0.184. The molecule has 4 unspecified atom stereocenters. The molecule has 2 amide bonds. The Kier molecular flexibility index (Phi) is 15.7. The average Bonchev–Trinajstić information content (AvgIpc) is 3.49. The summed E-state index contributed by atoms with van der Waals surface area (Å²) < 4.78 is 43.5. The van der Waals surface area contributed by atoms with E-state index >= 15 is 0 Å². The summed E-state index contributed by atoms with van der Waals surface area (Å²) in [4.78, 5) is 72.1. The van der Waals surface area contributed by atoms with Gasteiger partial charge in [0.1, 0.15) is 24.2 Å². The molecule has 3 fully saturated rings. The summed E-state index contributed by atoms with van der Waals surface area (Å²) in [5.41, 5.74) is -3.00. The Labute approximate surface area is 350 Å². The van der Waals surface area contributed by atoms with E-state index in [2.05, 4.69) is 10.2 Å². The van der Waals surface area contributed by atoms with Gasteiger partial charge in [0.15, 0.2) is 17.7 Å². The Bertz CT molecular complexity index is 1640. The van der Waals surface area contributed by atoms with Crippen LogP contribution in [0, 0.1) is 23.7 Å². The van der Waals surface area contributed by atoms with E-state index < -0.39 is 95.2 Å². The first kappa shape index (κ1) is 47.9. The molecule has 0 spiro atoms. The number of hydrogen-bond donors (Lipinski definition) is 1.